The van der Waals surface area contributed by atoms with E-state index in [-0.39, 0.29) is 23.9 Å². The minimum absolute atomic E-state index is 0. The van der Waals surface area contributed by atoms with Crippen LogP contribution < -0.4 is 11.1 Å². The van der Waals surface area contributed by atoms with Gasteiger partial charge in [0.1, 0.15) is 5.69 Å². The summed E-state index contributed by atoms with van der Waals surface area (Å²) in [7, 11) is 0. The van der Waals surface area contributed by atoms with E-state index >= 15 is 0 Å². The number of carbonyl (C=O) groups excluding carboxylic acids is 1. The van der Waals surface area contributed by atoms with Gasteiger partial charge in [-0.2, -0.15) is 0 Å². The highest BCUT2D eigenvalue weighted by molar-refractivity contribution is 9.10. The van der Waals surface area contributed by atoms with Gasteiger partial charge in [-0.15, -0.1) is 12.4 Å². The van der Waals surface area contributed by atoms with Gasteiger partial charge in [-0.3, -0.25) is 4.79 Å². The fourth-order valence-electron chi connectivity index (χ4n) is 1.62. The zero-order valence-electron chi connectivity index (χ0n) is 10.6. The highest BCUT2D eigenvalue weighted by Crippen LogP contribution is 2.17. The highest BCUT2D eigenvalue weighted by Gasteiger charge is 2.27. The second-order valence-corrected chi connectivity index (χ2v) is 4.83. The third-order valence-corrected chi connectivity index (χ3v) is 3.74. The SMILES string of the molecule is CCC(CC)(CN)NC(=O)c1ncccc1Br.Cl. The lowest BCUT2D eigenvalue weighted by Gasteiger charge is -2.31. The van der Waals surface area contributed by atoms with Crippen LogP contribution in [0.2, 0.25) is 0 Å². The largest absolute Gasteiger partial charge is 0.344 e. The van der Waals surface area contributed by atoms with Crippen molar-refractivity contribution in [1.29, 1.82) is 0 Å². The quantitative estimate of drug-likeness (QED) is 0.868. The summed E-state index contributed by atoms with van der Waals surface area (Å²) in [5, 5.41) is 2.98. The molecule has 1 rings (SSSR count). The van der Waals surface area contributed by atoms with E-state index in [0.717, 1.165) is 12.8 Å². The summed E-state index contributed by atoms with van der Waals surface area (Å²) in [5.41, 5.74) is 5.80. The topological polar surface area (TPSA) is 68.0 Å². The molecule has 0 aliphatic heterocycles. The summed E-state index contributed by atoms with van der Waals surface area (Å²) >= 11 is 3.32. The summed E-state index contributed by atoms with van der Waals surface area (Å²) in [6.07, 6.45) is 3.20. The third-order valence-electron chi connectivity index (χ3n) is 3.10. The van der Waals surface area contributed by atoms with E-state index in [0.29, 0.717) is 16.7 Å². The summed E-state index contributed by atoms with van der Waals surface area (Å²) < 4.78 is 0.690. The van der Waals surface area contributed by atoms with Crippen LogP contribution in [0.3, 0.4) is 0 Å². The van der Waals surface area contributed by atoms with Crippen molar-refractivity contribution < 1.29 is 4.79 Å². The maximum absolute atomic E-state index is 12.1. The second-order valence-electron chi connectivity index (χ2n) is 3.98. The predicted molar refractivity (Wildman–Crippen MR) is 79.0 cm³/mol. The predicted octanol–water partition coefficient (Wildman–Crippen LogP) is 2.51. The summed E-state index contributed by atoms with van der Waals surface area (Å²) in [6.45, 7) is 4.46. The van der Waals surface area contributed by atoms with Gasteiger partial charge in [-0.05, 0) is 40.9 Å². The lowest BCUT2D eigenvalue weighted by atomic mass is 9.93. The van der Waals surface area contributed by atoms with Crippen molar-refractivity contribution in [3.8, 4) is 0 Å². The molecule has 0 aromatic carbocycles. The van der Waals surface area contributed by atoms with Gasteiger partial charge >= 0.3 is 0 Å². The first-order chi connectivity index (χ1) is 8.08. The van der Waals surface area contributed by atoms with Crippen molar-refractivity contribution in [3.63, 3.8) is 0 Å². The zero-order chi connectivity index (χ0) is 12.9. The molecule has 18 heavy (non-hydrogen) atoms. The Balaban J connectivity index is 0.00000289. The van der Waals surface area contributed by atoms with Gasteiger partial charge in [-0.1, -0.05) is 13.8 Å². The minimum atomic E-state index is -0.339. The van der Waals surface area contributed by atoms with Gasteiger partial charge < -0.3 is 11.1 Å². The minimum Gasteiger partial charge on any atom is -0.344 e. The van der Waals surface area contributed by atoms with Crippen molar-refractivity contribution in [3.05, 3.63) is 28.5 Å². The zero-order valence-corrected chi connectivity index (χ0v) is 13.0. The van der Waals surface area contributed by atoms with Gasteiger partial charge in [-0.25, -0.2) is 4.98 Å². The second kappa shape index (κ2) is 7.71. The summed E-state index contributed by atoms with van der Waals surface area (Å²) in [5.74, 6) is -0.188. The van der Waals surface area contributed by atoms with E-state index in [4.69, 9.17) is 5.73 Å². The lowest BCUT2D eigenvalue weighted by Crippen LogP contribution is -2.53. The number of rotatable bonds is 5. The van der Waals surface area contributed by atoms with Crippen LogP contribution >= 0.6 is 28.3 Å². The van der Waals surface area contributed by atoms with Crippen molar-refractivity contribution in [2.24, 2.45) is 5.73 Å². The van der Waals surface area contributed by atoms with Crippen LogP contribution in [0.15, 0.2) is 22.8 Å². The van der Waals surface area contributed by atoms with Gasteiger partial charge in [0.25, 0.3) is 5.91 Å². The Morgan fingerprint density at radius 2 is 2.11 bits per heavy atom. The van der Waals surface area contributed by atoms with Gasteiger partial charge in [0.05, 0.1) is 5.54 Å². The Morgan fingerprint density at radius 3 is 2.56 bits per heavy atom. The van der Waals surface area contributed by atoms with Crippen molar-refractivity contribution in [1.82, 2.24) is 10.3 Å². The molecule has 0 spiro atoms. The molecule has 3 N–H and O–H groups in total. The van der Waals surface area contributed by atoms with E-state index in [1.165, 1.54) is 0 Å². The average Bonchev–Trinajstić information content (AvgIpc) is 2.36. The first-order valence-electron chi connectivity index (χ1n) is 5.71. The molecule has 0 bridgehead atoms. The Kier molecular flexibility index (Phi) is 7.43. The highest BCUT2D eigenvalue weighted by atomic mass is 79.9. The molecule has 0 aliphatic rings. The molecule has 0 saturated heterocycles. The molecule has 0 saturated carbocycles. The molecule has 1 aromatic rings. The van der Waals surface area contributed by atoms with E-state index in [1.54, 1.807) is 18.3 Å². The first-order valence-corrected chi connectivity index (χ1v) is 6.51. The molecule has 102 valence electrons. The smallest absolute Gasteiger partial charge is 0.271 e. The van der Waals surface area contributed by atoms with Crippen LogP contribution in [-0.4, -0.2) is 23.0 Å². The Labute approximate surface area is 122 Å². The number of halogens is 2. The molecule has 0 radical (unpaired) electrons. The number of hydrogen-bond donors (Lipinski definition) is 2. The first kappa shape index (κ1) is 17.4. The van der Waals surface area contributed by atoms with E-state index in [9.17, 15) is 4.79 Å². The fraction of sp³-hybridized carbons (Fsp3) is 0.500. The van der Waals surface area contributed by atoms with Crippen LogP contribution in [0.5, 0.6) is 0 Å². The number of nitrogens with two attached hydrogens (primary N) is 1. The van der Waals surface area contributed by atoms with Crippen LogP contribution in [0.4, 0.5) is 0 Å². The van der Waals surface area contributed by atoms with Crippen molar-refractivity contribution in [2.75, 3.05) is 6.54 Å². The molecule has 6 heteroatoms. The summed E-state index contributed by atoms with van der Waals surface area (Å²) in [6, 6.07) is 3.57. The Morgan fingerprint density at radius 1 is 1.50 bits per heavy atom. The molecular formula is C12H19BrClN3O. The van der Waals surface area contributed by atoms with E-state index < -0.39 is 0 Å². The molecular weight excluding hydrogens is 318 g/mol. The number of nitrogens with zero attached hydrogens (tertiary/aromatic N) is 1. The van der Waals surface area contributed by atoms with Crippen LogP contribution in [0, 0.1) is 0 Å². The number of amides is 1. The molecule has 0 fully saturated rings. The van der Waals surface area contributed by atoms with Crippen molar-refractivity contribution in [2.45, 2.75) is 32.2 Å². The number of nitrogens with one attached hydrogen (secondary N) is 1. The summed E-state index contributed by atoms with van der Waals surface area (Å²) in [4.78, 5) is 16.2. The molecule has 1 heterocycles. The monoisotopic (exact) mass is 335 g/mol. The number of aromatic nitrogens is 1. The molecule has 0 aliphatic carbocycles. The van der Waals surface area contributed by atoms with Crippen LogP contribution in [-0.2, 0) is 0 Å². The molecule has 1 amide bonds. The van der Waals surface area contributed by atoms with Gasteiger partial charge in [0.15, 0.2) is 0 Å². The van der Waals surface area contributed by atoms with Crippen molar-refractivity contribution >= 4 is 34.2 Å². The lowest BCUT2D eigenvalue weighted by molar-refractivity contribution is 0.0889. The van der Waals surface area contributed by atoms with E-state index in [2.05, 4.69) is 26.2 Å². The van der Waals surface area contributed by atoms with E-state index in [1.807, 2.05) is 13.8 Å². The third kappa shape index (κ3) is 3.93. The van der Waals surface area contributed by atoms with Gasteiger partial charge in [0, 0.05) is 17.2 Å². The standard InChI is InChI=1S/C12H18BrN3O.ClH/c1-3-12(4-2,8-14)16-11(17)10-9(13)6-5-7-15-10;/h5-7H,3-4,8,14H2,1-2H3,(H,16,17);1H. The molecule has 4 nitrogen and oxygen atoms in total. The maximum atomic E-state index is 12.1. The van der Waals surface area contributed by atoms with Crippen LogP contribution in [0.25, 0.3) is 0 Å². The average molecular weight is 337 g/mol. The number of carbonyl (C=O) groups is 1. The molecule has 0 unspecified atom stereocenters. The number of hydrogen-bond acceptors (Lipinski definition) is 3. The van der Waals surface area contributed by atoms with Gasteiger partial charge in [0.2, 0.25) is 0 Å². The number of pyridine rings is 1. The normalized spacial score (nSPS) is 10.7. The fourth-order valence-corrected chi connectivity index (χ4v) is 2.05. The molecule has 1 aromatic heterocycles. The maximum Gasteiger partial charge on any atom is 0.271 e. The van der Waals surface area contributed by atoms with Crippen LogP contribution in [0.1, 0.15) is 37.2 Å². The Bertz CT molecular complexity index is 388. The molecule has 0 atom stereocenters. The Hall–Kier alpha value is -0.650.